The molecule has 0 spiro atoms. The van der Waals surface area contributed by atoms with E-state index in [1.807, 2.05) is 66.9 Å². The van der Waals surface area contributed by atoms with E-state index in [-0.39, 0.29) is 0 Å². The van der Waals surface area contributed by atoms with Crippen LogP contribution in [0.15, 0.2) is 90.0 Å². The maximum absolute atomic E-state index is 4.32. The fourth-order valence-corrected chi connectivity index (χ4v) is 2.18. The van der Waals surface area contributed by atoms with Gasteiger partial charge in [0.2, 0.25) is 0 Å². The highest BCUT2D eigenvalue weighted by atomic mass is 15.3. The molecule has 1 N–H and O–H groups in total. The van der Waals surface area contributed by atoms with Crippen LogP contribution in [0.25, 0.3) is 11.1 Å². The lowest BCUT2D eigenvalue weighted by atomic mass is 10.0. The van der Waals surface area contributed by atoms with Crippen molar-refractivity contribution in [2.75, 3.05) is 5.43 Å². The molecule has 0 amide bonds. The molecule has 2 nitrogen and oxygen atoms in total. The Bertz CT molecular complexity index is 719. The molecule has 2 heteroatoms. The number of nitrogens with zero attached hydrogens (tertiary/aromatic N) is 1. The Morgan fingerprint density at radius 1 is 0.667 bits per heavy atom. The summed E-state index contributed by atoms with van der Waals surface area (Å²) in [6, 6.07) is 28.5. The molecule has 0 saturated carbocycles. The molecule has 0 aliphatic rings. The quantitative estimate of drug-likeness (QED) is 0.535. The van der Waals surface area contributed by atoms with Gasteiger partial charge in [0.15, 0.2) is 0 Å². The summed E-state index contributed by atoms with van der Waals surface area (Å²) in [4.78, 5) is 0. The lowest BCUT2D eigenvalue weighted by Crippen LogP contribution is -1.92. The highest BCUT2D eigenvalue weighted by Crippen LogP contribution is 2.22. The van der Waals surface area contributed by atoms with Crippen LogP contribution in [-0.4, -0.2) is 6.21 Å². The van der Waals surface area contributed by atoms with Crippen LogP contribution in [0.2, 0.25) is 0 Å². The highest BCUT2D eigenvalue weighted by Gasteiger charge is 2.01. The van der Waals surface area contributed by atoms with E-state index in [9.17, 15) is 0 Å². The minimum atomic E-state index is 0.978. The number of hydrogen-bond acceptors (Lipinski definition) is 2. The average molecular weight is 272 g/mol. The van der Waals surface area contributed by atoms with E-state index in [4.69, 9.17) is 0 Å². The zero-order chi connectivity index (χ0) is 14.3. The lowest BCUT2D eigenvalue weighted by molar-refractivity contribution is 1.35. The lowest BCUT2D eigenvalue weighted by Gasteiger charge is -2.05. The van der Waals surface area contributed by atoms with Gasteiger partial charge in [0.1, 0.15) is 0 Å². The molecular formula is C19H16N2. The highest BCUT2D eigenvalue weighted by molar-refractivity contribution is 5.90. The van der Waals surface area contributed by atoms with E-state index in [2.05, 4.69) is 34.8 Å². The predicted molar refractivity (Wildman–Crippen MR) is 89.5 cm³/mol. The molecule has 0 bridgehead atoms. The van der Waals surface area contributed by atoms with Crippen LogP contribution in [0, 0.1) is 0 Å². The van der Waals surface area contributed by atoms with Gasteiger partial charge < -0.3 is 0 Å². The summed E-state index contributed by atoms with van der Waals surface area (Å²) in [5.74, 6) is 0. The predicted octanol–water partition coefficient (Wildman–Crippen LogP) is 4.80. The van der Waals surface area contributed by atoms with Crippen molar-refractivity contribution in [1.82, 2.24) is 0 Å². The molecule has 102 valence electrons. The van der Waals surface area contributed by atoms with Crippen molar-refractivity contribution in [3.63, 3.8) is 0 Å². The molecule has 0 atom stereocenters. The van der Waals surface area contributed by atoms with Crippen molar-refractivity contribution in [2.45, 2.75) is 0 Å². The van der Waals surface area contributed by atoms with Crippen LogP contribution in [-0.2, 0) is 0 Å². The smallest absolute Gasteiger partial charge is 0.0561 e. The SMILES string of the molecule is C(=NNc1ccccc1)c1ccccc1-c1ccccc1. The van der Waals surface area contributed by atoms with Crippen molar-refractivity contribution in [3.05, 3.63) is 90.5 Å². The molecule has 0 unspecified atom stereocenters. The molecule has 3 aromatic carbocycles. The van der Waals surface area contributed by atoms with Gasteiger partial charge in [-0.1, -0.05) is 72.8 Å². The van der Waals surface area contributed by atoms with Crippen LogP contribution < -0.4 is 5.43 Å². The number of hydrazone groups is 1. The van der Waals surface area contributed by atoms with Gasteiger partial charge in [0.25, 0.3) is 0 Å². The zero-order valence-electron chi connectivity index (χ0n) is 11.6. The minimum Gasteiger partial charge on any atom is -0.279 e. The van der Waals surface area contributed by atoms with Crippen LogP contribution in [0.4, 0.5) is 5.69 Å². The Morgan fingerprint density at radius 3 is 2.05 bits per heavy atom. The largest absolute Gasteiger partial charge is 0.279 e. The molecule has 0 saturated heterocycles. The van der Waals surface area contributed by atoms with E-state index in [1.165, 1.54) is 11.1 Å². The third kappa shape index (κ3) is 3.37. The van der Waals surface area contributed by atoms with Gasteiger partial charge in [-0.05, 0) is 23.3 Å². The van der Waals surface area contributed by atoms with Gasteiger partial charge in [-0.3, -0.25) is 5.43 Å². The summed E-state index contributed by atoms with van der Waals surface area (Å²) in [6.07, 6.45) is 1.86. The molecular weight excluding hydrogens is 256 g/mol. The maximum atomic E-state index is 4.32. The minimum absolute atomic E-state index is 0.978. The van der Waals surface area contributed by atoms with Crippen LogP contribution in [0.5, 0.6) is 0 Å². The standard InChI is InChI=1S/C19H16N2/c1-3-9-16(10-4-1)19-14-8-7-11-17(19)15-20-21-18-12-5-2-6-13-18/h1-15,21H. The van der Waals surface area contributed by atoms with Gasteiger partial charge in [0.05, 0.1) is 11.9 Å². The number of benzene rings is 3. The number of para-hydroxylation sites is 1. The molecule has 0 radical (unpaired) electrons. The Kier molecular flexibility index (Phi) is 4.08. The van der Waals surface area contributed by atoms with E-state index < -0.39 is 0 Å². The fourth-order valence-electron chi connectivity index (χ4n) is 2.18. The van der Waals surface area contributed by atoms with Gasteiger partial charge in [-0.2, -0.15) is 5.10 Å². The normalized spacial score (nSPS) is 10.7. The first-order chi connectivity index (χ1) is 10.4. The van der Waals surface area contributed by atoms with Crippen LogP contribution in [0.1, 0.15) is 5.56 Å². The number of rotatable bonds is 4. The summed E-state index contributed by atoms with van der Waals surface area (Å²) in [7, 11) is 0. The number of anilines is 1. The first-order valence-corrected chi connectivity index (χ1v) is 6.92. The average Bonchev–Trinajstić information content (AvgIpc) is 2.57. The Balaban J connectivity index is 1.83. The fraction of sp³-hybridized carbons (Fsp3) is 0. The Labute approximate surface area is 124 Å². The molecule has 0 aliphatic carbocycles. The van der Waals surface area contributed by atoms with Crippen molar-refractivity contribution >= 4 is 11.9 Å². The van der Waals surface area contributed by atoms with E-state index in [1.54, 1.807) is 0 Å². The van der Waals surface area contributed by atoms with E-state index in [0.29, 0.717) is 0 Å². The Morgan fingerprint density at radius 2 is 1.29 bits per heavy atom. The molecule has 21 heavy (non-hydrogen) atoms. The summed E-state index contributed by atoms with van der Waals surface area (Å²) >= 11 is 0. The molecule has 3 aromatic rings. The molecule has 3 rings (SSSR count). The van der Waals surface area contributed by atoms with Crippen molar-refractivity contribution in [3.8, 4) is 11.1 Å². The van der Waals surface area contributed by atoms with Crippen molar-refractivity contribution in [1.29, 1.82) is 0 Å². The molecule has 0 fully saturated rings. The number of nitrogens with one attached hydrogen (secondary N) is 1. The Hall–Kier alpha value is -2.87. The van der Waals surface area contributed by atoms with E-state index >= 15 is 0 Å². The first kappa shape index (κ1) is 13.1. The maximum Gasteiger partial charge on any atom is 0.0561 e. The van der Waals surface area contributed by atoms with Gasteiger partial charge in [0, 0.05) is 5.56 Å². The summed E-state index contributed by atoms with van der Waals surface area (Å²) in [5, 5.41) is 4.32. The van der Waals surface area contributed by atoms with Crippen LogP contribution in [0.3, 0.4) is 0 Å². The summed E-state index contributed by atoms with van der Waals surface area (Å²) in [6.45, 7) is 0. The van der Waals surface area contributed by atoms with Crippen molar-refractivity contribution in [2.24, 2.45) is 5.10 Å². The molecule has 0 aromatic heterocycles. The van der Waals surface area contributed by atoms with Gasteiger partial charge >= 0.3 is 0 Å². The van der Waals surface area contributed by atoms with Crippen LogP contribution >= 0.6 is 0 Å². The molecule has 0 heterocycles. The number of hydrogen-bond donors (Lipinski definition) is 1. The second-order valence-corrected chi connectivity index (χ2v) is 4.69. The molecule has 0 aliphatic heterocycles. The monoisotopic (exact) mass is 272 g/mol. The summed E-state index contributed by atoms with van der Waals surface area (Å²) in [5.41, 5.74) is 7.48. The zero-order valence-corrected chi connectivity index (χ0v) is 11.6. The van der Waals surface area contributed by atoms with Crippen molar-refractivity contribution < 1.29 is 0 Å². The van der Waals surface area contributed by atoms with E-state index in [0.717, 1.165) is 11.3 Å². The third-order valence-corrected chi connectivity index (χ3v) is 3.22. The first-order valence-electron chi connectivity index (χ1n) is 6.92. The topological polar surface area (TPSA) is 24.4 Å². The second kappa shape index (κ2) is 6.53. The summed E-state index contributed by atoms with van der Waals surface area (Å²) < 4.78 is 0. The second-order valence-electron chi connectivity index (χ2n) is 4.69. The van der Waals surface area contributed by atoms with Gasteiger partial charge in [-0.15, -0.1) is 0 Å². The van der Waals surface area contributed by atoms with Gasteiger partial charge in [-0.25, -0.2) is 0 Å². The third-order valence-electron chi connectivity index (χ3n) is 3.22.